The van der Waals surface area contributed by atoms with E-state index in [1.165, 1.54) is 25.7 Å². The van der Waals surface area contributed by atoms with E-state index in [1.54, 1.807) is 6.07 Å². The predicted octanol–water partition coefficient (Wildman–Crippen LogP) is 6.17. The van der Waals surface area contributed by atoms with Gasteiger partial charge in [-0.1, -0.05) is 23.2 Å². The van der Waals surface area contributed by atoms with Crippen molar-refractivity contribution in [1.29, 1.82) is 0 Å². The molecule has 4 nitrogen and oxygen atoms in total. The van der Waals surface area contributed by atoms with Crippen molar-refractivity contribution >= 4 is 39.9 Å². The van der Waals surface area contributed by atoms with E-state index in [0.29, 0.717) is 10.0 Å². The Kier molecular flexibility index (Phi) is 4.52. The lowest BCUT2D eigenvalue weighted by Crippen LogP contribution is -2.29. The Labute approximate surface area is 175 Å². The number of nitrogens with one attached hydrogen (secondary N) is 1. The number of benzene rings is 1. The summed E-state index contributed by atoms with van der Waals surface area (Å²) in [6.45, 7) is 6.28. The first-order valence-electron chi connectivity index (χ1n) is 10.1. The highest BCUT2D eigenvalue weighted by Crippen LogP contribution is 2.41. The first-order chi connectivity index (χ1) is 13.5. The maximum atomic E-state index is 6.51. The van der Waals surface area contributed by atoms with E-state index in [4.69, 9.17) is 33.2 Å². The fourth-order valence-corrected chi connectivity index (χ4v) is 4.48. The molecule has 0 spiro atoms. The summed E-state index contributed by atoms with van der Waals surface area (Å²) in [5.74, 6) is 3.50. The van der Waals surface area contributed by atoms with Gasteiger partial charge in [0, 0.05) is 29.4 Å². The van der Waals surface area contributed by atoms with Crippen LogP contribution in [-0.4, -0.2) is 28.0 Å². The number of rotatable bonds is 6. The molecule has 6 heteroatoms. The van der Waals surface area contributed by atoms with Crippen molar-refractivity contribution in [1.82, 2.24) is 15.0 Å². The minimum atomic E-state index is 0.626. The van der Waals surface area contributed by atoms with Gasteiger partial charge in [0.2, 0.25) is 0 Å². The zero-order valence-electron chi connectivity index (χ0n) is 16.2. The predicted molar refractivity (Wildman–Crippen MR) is 116 cm³/mol. The van der Waals surface area contributed by atoms with Gasteiger partial charge in [0.25, 0.3) is 0 Å². The third-order valence-corrected chi connectivity index (χ3v) is 6.32. The van der Waals surface area contributed by atoms with Crippen molar-refractivity contribution < 1.29 is 0 Å². The number of aryl methyl sites for hydroxylation is 2. The maximum absolute atomic E-state index is 6.51. The number of anilines is 1. The van der Waals surface area contributed by atoms with Crippen LogP contribution in [0.15, 0.2) is 18.2 Å². The number of fused-ring (bicyclic) bond motifs is 1. The van der Waals surface area contributed by atoms with E-state index in [-0.39, 0.29) is 0 Å². The highest BCUT2D eigenvalue weighted by atomic mass is 35.5. The van der Waals surface area contributed by atoms with Crippen LogP contribution >= 0.6 is 23.2 Å². The lowest BCUT2D eigenvalue weighted by atomic mass is 10.1. The molecule has 2 heterocycles. The molecule has 0 atom stereocenters. The molecule has 0 amide bonds. The smallest absolute Gasteiger partial charge is 0.142 e. The van der Waals surface area contributed by atoms with Gasteiger partial charge in [0.15, 0.2) is 0 Å². The third-order valence-electron chi connectivity index (χ3n) is 5.78. The van der Waals surface area contributed by atoms with Crippen LogP contribution in [0.1, 0.15) is 37.2 Å². The normalized spacial score (nSPS) is 16.7. The van der Waals surface area contributed by atoms with Crippen LogP contribution in [0, 0.1) is 25.7 Å². The van der Waals surface area contributed by atoms with Crippen LogP contribution in [0.25, 0.3) is 22.2 Å². The van der Waals surface area contributed by atoms with Gasteiger partial charge in [-0.3, -0.25) is 0 Å². The van der Waals surface area contributed by atoms with E-state index < -0.39 is 0 Å². The fourth-order valence-electron chi connectivity index (χ4n) is 3.98. The van der Waals surface area contributed by atoms with Crippen molar-refractivity contribution in [2.24, 2.45) is 11.8 Å². The number of aromatic amines is 1. The topological polar surface area (TPSA) is 44.8 Å². The SMILES string of the molecule is Cc1nc(N(CC2CC2)CC2CC2)c2c(C)[nH]c(-c3ccc(Cl)cc3Cl)c2n1. The Hall–Kier alpha value is -1.78. The second-order valence-electron chi connectivity index (χ2n) is 8.36. The molecule has 2 aliphatic carbocycles. The Bertz CT molecular complexity index is 1040. The number of aromatic nitrogens is 3. The van der Waals surface area contributed by atoms with Gasteiger partial charge in [-0.25, -0.2) is 9.97 Å². The van der Waals surface area contributed by atoms with E-state index in [9.17, 15) is 0 Å². The van der Waals surface area contributed by atoms with E-state index in [1.807, 2.05) is 19.1 Å². The average Bonchev–Trinajstić information content (AvgIpc) is 3.56. The van der Waals surface area contributed by atoms with Crippen LogP contribution in [0.4, 0.5) is 5.82 Å². The van der Waals surface area contributed by atoms with E-state index in [2.05, 4.69) is 16.8 Å². The lowest BCUT2D eigenvalue weighted by Gasteiger charge is -2.25. The summed E-state index contributed by atoms with van der Waals surface area (Å²) in [5.41, 5.74) is 3.89. The minimum Gasteiger partial charge on any atom is -0.356 e. The van der Waals surface area contributed by atoms with Gasteiger partial charge in [-0.2, -0.15) is 0 Å². The zero-order chi connectivity index (χ0) is 19.4. The Morgan fingerprint density at radius 2 is 1.71 bits per heavy atom. The standard InChI is InChI=1S/C22H24Cl2N4/c1-12-19-21(20(25-12)17-8-7-16(23)9-18(17)24)26-13(2)27-22(19)28(10-14-3-4-14)11-15-5-6-15/h7-9,14-15,25H,3-6,10-11H2,1-2H3. The molecule has 2 saturated carbocycles. The molecule has 1 aromatic carbocycles. The van der Waals surface area contributed by atoms with Gasteiger partial charge in [0.05, 0.1) is 16.1 Å². The van der Waals surface area contributed by atoms with Gasteiger partial charge in [-0.15, -0.1) is 0 Å². The molecule has 0 saturated heterocycles. The summed E-state index contributed by atoms with van der Waals surface area (Å²) in [7, 11) is 0. The molecule has 0 aliphatic heterocycles. The number of H-pyrrole nitrogens is 1. The maximum Gasteiger partial charge on any atom is 0.142 e. The Balaban J connectivity index is 1.66. The molecule has 2 fully saturated rings. The van der Waals surface area contributed by atoms with E-state index >= 15 is 0 Å². The molecule has 1 N–H and O–H groups in total. The molecule has 146 valence electrons. The van der Waals surface area contributed by atoms with E-state index in [0.717, 1.165) is 64.4 Å². The number of hydrogen-bond donors (Lipinski definition) is 1. The summed E-state index contributed by atoms with van der Waals surface area (Å²) < 4.78 is 0. The quantitative estimate of drug-likeness (QED) is 0.523. The van der Waals surface area contributed by atoms with Crippen molar-refractivity contribution in [2.45, 2.75) is 39.5 Å². The zero-order valence-corrected chi connectivity index (χ0v) is 17.7. The van der Waals surface area contributed by atoms with Crippen molar-refractivity contribution in [3.63, 3.8) is 0 Å². The average molecular weight is 415 g/mol. The summed E-state index contributed by atoms with van der Waals surface area (Å²) in [5, 5.41) is 2.38. The highest BCUT2D eigenvalue weighted by Gasteiger charge is 2.31. The summed E-state index contributed by atoms with van der Waals surface area (Å²) >= 11 is 12.6. The Morgan fingerprint density at radius 1 is 1.04 bits per heavy atom. The van der Waals surface area contributed by atoms with Crippen LogP contribution < -0.4 is 4.90 Å². The second-order valence-corrected chi connectivity index (χ2v) is 9.20. The fraction of sp³-hybridized carbons (Fsp3) is 0.455. The van der Waals surface area contributed by atoms with Crippen LogP contribution in [0.5, 0.6) is 0 Å². The first-order valence-corrected chi connectivity index (χ1v) is 10.8. The van der Waals surface area contributed by atoms with Gasteiger partial charge < -0.3 is 9.88 Å². The largest absolute Gasteiger partial charge is 0.356 e. The first kappa shape index (κ1) is 18.3. The molecular weight excluding hydrogens is 391 g/mol. The van der Waals surface area contributed by atoms with Crippen molar-refractivity contribution in [2.75, 3.05) is 18.0 Å². The molecule has 0 radical (unpaired) electrons. The molecule has 5 rings (SSSR count). The van der Waals surface area contributed by atoms with Gasteiger partial charge >= 0.3 is 0 Å². The Morgan fingerprint density at radius 3 is 2.32 bits per heavy atom. The van der Waals surface area contributed by atoms with Crippen LogP contribution in [0.3, 0.4) is 0 Å². The molecule has 0 unspecified atom stereocenters. The molecule has 2 aliphatic rings. The third kappa shape index (κ3) is 3.48. The molecule has 2 aromatic heterocycles. The molecule has 28 heavy (non-hydrogen) atoms. The number of hydrogen-bond acceptors (Lipinski definition) is 3. The van der Waals surface area contributed by atoms with Gasteiger partial charge in [-0.05, 0) is 69.6 Å². The lowest BCUT2D eigenvalue weighted by molar-refractivity contribution is 0.672. The summed E-state index contributed by atoms with van der Waals surface area (Å²) in [6.07, 6.45) is 5.36. The minimum absolute atomic E-state index is 0.626. The highest BCUT2D eigenvalue weighted by molar-refractivity contribution is 6.36. The summed E-state index contributed by atoms with van der Waals surface area (Å²) in [4.78, 5) is 15.8. The second kappa shape index (κ2) is 6.93. The van der Waals surface area contributed by atoms with Crippen LogP contribution in [0.2, 0.25) is 10.0 Å². The summed E-state index contributed by atoms with van der Waals surface area (Å²) in [6, 6.07) is 5.60. The molecule has 0 bridgehead atoms. The van der Waals surface area contributed by atoms with Crippen molar-refractivity contribution in [3.8, 4) is 11.3 Å². The number of nitrogens with zero attached hydrogens (tertiary/aromatic N) is 3. The molecule has 3 aromatic rings. The van der Waals surface area contributed by atoms with Gasteiger partial charge in [0.1, 0.15) is 17.2 Å². The van der Waals surface area contributed by atoms with Crippen molar-refractivity contribution in [3.05, 3.63) is 39.8 Å². The monoisotopic (exact) mass is 414 g/mol. The van der Waals surface area contributed by atoms with Crippen LogP contribution in [-0.2, 0) is 0 Å². The molecular formula is C22H24Cl2N4. The number of halogens is 2.